The van der Waals surface area contributed by atoms with E-state index >= 15 is 0 Å². The molecule has 32 heavy (non-hydrogen) atoms. The number of amides is 1. The highest BCUT2D eigenvalue weighted by molar-refractivity contribution is 6.39. The number of rotatable bonds is 6. The van der Waals surface area contributed by atoms with Gasteiger partial charge in [-0.1, -0.05) is 48.0 Å². The molecule has 1 aliphatic carbocycles. The molecule has 0 atom stereocenters. The molecule has 6 nitrogen and oxygen atoms in total. The van der Waals surface area contributed by atoms with Crippen molar-refractivity contribution in [2.24, 2.45) is 0 Å². The van der Waals surface area contributed by atoms with Crippen LogP contribution in [0.15, 0.2) is 43.0 Å². The van der Waals surface area contributed by atoms with E-state index in [4.69, 9.17) is 32.7 Å². The maximum Gasteiger partial charge on any atom is 0.247 e. The van der Waals surface area contributed by atoms with Crippen LogP contribution >= 0.6 is 23.2 Å². The van der Waals surface area contributed by atoms with Crippen molar-refractivity contribution in [1.82, 2.24) is 10.2 Å². The van der Waals surface area contributed by atoms with E-state index in [0.29, 0.717) is 45.6 Å². The van der Waals surface area contributed by atoms with Gasteiger partial charge >= 0.3 is 0 Å². The first-order chi connectivity index (χ1) is 15.5. The minimum Gasteiger partial charge on any atom is -0.495 e. The Kier molecular flexibility index (Phi) is 6.26. The predicted molar refractivity (Wildman–Crippen MR) is 129 cm³/mol. The van der Waals surface area contributed by atoms with Gasteiger partial charge in [-0.3, -0.25) is 9.89 Å². The summed E-state index contributed by atoms with van der Waals surface area (Å²) in [6.07, 6.45) is 4.63. The van der Waals surface area contributed by atoms with Gasteiger partial charge in [0.25, 0.3) is 0 Å². The molecule has 0 spiro atoms. The number of aromatic nitrogens is 2. The Labute approximate surface area is 195 Å². The number of benzene rings is 2. The second kappa shape index (κ2) is 9.10. The molecule has 1 aromatic heterocycles. The number of hydrogen-bond donors (Lipinski definition) is 2. The van der Waals surface area contributed by atoms with Gasteiger partial charge in [-0.25, -0.2) is 0 Å². The molecule has 4 rings (SSSR count). The third-order valence-corrected chi connectivity index (χ3v) is 6.13. The number of halogens is 2. The van der Waals surface area contributed by atoms with Gasteiger partial charge in [0.2, 0.25) is 5.91 Å². The van der Waals surface area contributed by atoms with E-state index in [9.17, 15) is 4.79 Å². The van der Waals surface area contributed by atoms with Crippen molar-refractivity contribution in [3.63, 3.8) is 0 Å². The third-order valence-electron chi connectivity index (χ3n) is 5.38. The Morgan fingerprint density at radius 2 is 1.84 bits per heavy atom. The van der Waals surface area contributed by atoms with E-state index in [0.717, 1.165) is 28.1 Å². The highest BCUT2D eigenvalue weighted by Crippen LogP contribution is 2.47. The van der Waals surface area contributed by atoms with E-state index < -0.39 is 0 Å². The molecule has 0 saturated carbocycles. The summed E-state index contributed by atoms with van der Waals surface area (Å²) in [6, 6.07) is 9.20. The van der Waals surface area contributed by atoms with Crippen LogP contribution in [0.4, 0.5) is 5.69 Å². The van der Waals surface area contributed by atoms with Gasteiger partial charge in [0.1, 0.15) is 11.5 Å². The summed E-state index contributed by atoms with van der Waals surface area (Å²) in [7, 11) is 3.10. The van der Waals surface area contributed by atoms with Gasteiger partial charge < -0.3 is 14.8 Å². The first-order valence-electron chi connectivity index (χ1n) is 9.89. The topological polar surface area (TPSA) is 76.2 Å². The fourth-order valence-electron chi connectivity index (χ4n) is 3.83. The van der Waals surface area contributed by atoms with Gasteiger partial charge in [-0.15, -0.1) is 0 Å². The number of allylic oxidation sites excluding steroid dienone is 1. The van der Waals surface area contributed by atoms with Crippen molar-refractivity contribution in [2.45, 2.75) is 12.8 Å². The number of para-hydroxylation sites is 1. The first kappa shape index (κ1) is 22.0. The molecule has 0 unspecified atom stereocenters. The fraction of sp³-hybridized carbons (Fsp3) is 0.167. The number of nitrogens with one attached hydrogen (secondary N) is 2. The number of H-pyrrole nitrogens is 1. The number of nitrogens with zero attached hydrogens (tertiary/aromatic N) is 1. The summed E-state index contributed by atoms with van der Waals surface area (Å²) in [6.45, 7) is 3.51. The van der Waals surface area contributed by atoms with Gasteiger partial charge in [-0.05, 0) is 36.6 Å². The summed E-state index contributed by atoms with van der Waals surface area (Å²) in [5, 5.41) is 11.4. The van der Waals surface area contributed by atoms with Crippen molar-refractivity contribution in [2.75, 3.05) is 19.5 Å². The number of anilines is 1. The molecule has 0 bridgehead atoms. The number of carbonyl (C=O) groups is 1. The molecule has 1 aliphatic rings. The lowest BCUT2D eigenvalue weighted by Gasteiger charge is -2.20. The van der Waals surface area contributed by atoms with Crippen LogP contribution in [0.5, 0.6) is 11.5 Å². The van der Waals surface area contributed by atoms with Crippen molar-refractivity contribution in [3.05, 3.63) is 69.9 Å². The molecule has 0 saturated heterocycles. The van der Waals surface area contributed by atoms with E-state index in [2.05, 4.69) is 22.1 Å². The number of ether oxygens (including phenoxy) is 2. The summed E-state index contributed by atoms with van der Waals surface area (Å²) >= 11 is 13.2. The maximum absolute atomic E-state index is 11.8. The average molecular weight is 470 g/mol. The average Bonchev–Trinajstić information content (AvgIpc) is 3.23. The number of carbonyl (C=O) groups excluding carboxylic acids is 1. The lowest BCUT2D eigenvalue weighted by atomic mass is 9.89. The van der Waals surface area contributed by atoms with Gasteiger partial charge in [0, 0.05) is 22.8 Å². The number of fused-ring (bicyclic) bond motifs is 1. The molecular formula is C24H21Cl2N3O3. The van der Waals surface area contributed by atoms with E-state index in [-0.39, 0.29) is 5.91 Å². The molecule has 2 aromatic carbocycles. The minimum atomic E-state index is -0.278. The SMILES string of the molecule is C=CC(=O)Nc1ccccc1-c1n[nH]c2c1CCC(c1c(Cl)c(OC)cc(OC)c1Cl)=C2. The van der Waals surface area contributed by atoms with E-state index in [1.807, 2.05) is 30.3 Å². The molecule has 0 aliphatic heterocycles. The summed E-state index contributed by atoms with van der Waals surface area (Å²) < 4.78 is 10.8. The van der Waals surface area contributed by atoms with E-state index in [1.165, 1.54) is 6.08 Å². The summed E-state index contributed by atoms with van der Waals surface area (Å²) in [4.78, 5) is 11.8. The van der Waals surface area contributed by atoms with Crippen LogP contribution in [0.1, 0.15) is 23.2 Å². The molecule has 1 heterocycles. The van der Waals surface area contributed by atoms with Crippen LogP contribution < -0.4 is 14.8 Å². The molecule has 0 fully saturated rings. The Morgan fingerprint density at radius 1 is 1.16 bits per heavy atom. The monoisotopic (exact) mass is 469 g/mol. The maximum atomic E-state index is 11.8. The summed E-state index contributed by atoms with van der Waals surface area (Å²) in [5.74, 6) is 0.707. The largest absolute Gasteiger partial charge is 0.495 e. The minimum absolute atomic E-state index is 0.278. The number of methoxy groups -OCH3 is 2. The van der Waals surface area contributed by atoms with Crippen molar-refractivity contribution in [3.8, 4) is 22.8 Å². The molecule has 0 radical (unpaired) electrons. The third kappa shape index (κ3) is 3.87. The second-order valence-electron chi connectivity index (χ2n) is 7.16. The Balaban J connectivity index is 1.79. The Bertz CT molecular complexity index is 1220. The zero-order valence-electron chi connectivity index (χ0n) is 17.6. The van der Waals surface area contributed by atoms with Crippen LogP contribution in [0, 0.1) is 0 Å². The van der Waals surface area contributed by atoms with Crippen molar-refractivity contribution < 1.29 is 14.3 Å². The smallest absolute Gasteiger partial charge is 0.247 e. The lowest BCUT2D eigenvalue weighted by Crippen LogP contribution is -2.08. The highest BCUT2D eigenvalue weighted by atomic mass is 35.5. The van der Waals surface area contributed by atoms with Crippen LogP contribution in [-0.2, 0) is 11.2 Å². The van der Waals surface area contributed by atoms with Crippen LogP contribution in [-0.4, -0.2) is 30.3 Å². The predicted octanol–water partition coefficient (Wildman–Crippen LogP) is 6.01. The van der Waals surface area contributed by atoms with Crippen molar-refractivity contribution in [1.29, 1.82) is 0 Å². The fourth-order valence-corrected chi connectivity index (χ4v) is 4.57. The van der Waals surface area contributed by atoms with Crippen LogP contribution in [0.25, 0.3) is 22.9 Å². The second-order valence-corrected chi connectivity index (χ2v) is 7.91. The molecular weight excluding hydrogens is 449 g/mol. The van der Waals surface area contributed by atoms with Crippen molar-refractivity contribution >= 4 is 46.4 Å². The Morgan fingerprint density at radius 3 is 2.50 bits per heavy atom. The van der Waals surface area contributed by atoms with Crippen LogP contribution in [0.3, 0.4) is 0 Å². The molecule has 8 heteroatoms. The van der Waals surface area contributed by atoms with Gasteiger partial charge in [-0.2, -0.15) is 5.10 Å². The summed E-state index contributed by atoms with van der Waals surface area (Å²) in [5.41, 5.74) is 5.84. The molecule has 164 valence electrons. The quantitative estimate of drug-likeness (QED) is 0.433. The Hall–Kier alpha value is -3.22. The number of hydrogen-bond acceptors (Lipinski definition) is 4. The van der Waals surface area contributed by atoms with Gasteiger partial charge in [0.05, 0.1) is 41.3 Å². The highest BCUT2D eigenvalue weighted by Gasteiger charge is 2.25. The van der Waals surface area contributed by atoms with Crippen LogP contribution in [0.2, 0.25) is 10.0 Å². The molecule has 3 aromatic rings. The molecule has 1 amide bonds. The lowest BCUT2D eigenvalue weighted by molar-refractivity contribution is -0.111. The zero-order chi connectivity index (χ0) is 22.8. The zero-order valence-corrected chi connectivity index (χ0v) is 19.1. The number of aromatic amines is 1. The van der Waals surface area contributed by atoms with Gasteiger partial charge in [0.15, 0.2) is 0 Å². The standard InChI is InChI=1S/C24H21Cl2N3O3/c1-4-20(30)27-16-8-6-5-7-14(16)24-15-10-9-13(11-17(15)28-29-24)21-22(25)18(31-2)12-19(32-3)23(21)26/h4-8,11-12H,1,9-10H2,2-3H3,(H,27,30)(H,28,29). The normalized spacial score (nSPS) is 12.6. The molecule has 2 N–H and O–H groups in total. The first-order valence-corrected chi connectivity index (χ1v) is 10.6. The van der Waals surface area contributed by atoms with E-state index in [1.54, 1.807) is 20.3 Å².